The zero-order valence-electron chi connectivity index (χ0n) is 9.34. The van der Waals surface area contributed by atoms with Crippen molar-refractivity contribution in [3.8, 4) is 0 Å². The number of likely N-dealkylation sites (tertiary alicyclic amines) is 1. The summed E-state index contributed by atoms with van der Waals surface area (Å²) in [5.74, 6) is -1.61. The van der Waals surface area contributed by atoms with E-state index in [1.807, 2.05) is 7.05 Å². The number of hydrogen-bond donors (Lipinski definition) is 1. The monoisotopic (exact) mass is 226 g/mol. The molecule has 88 valence electrons. The highest BCUT2D eigenvalue weighted by Crippen LogP contribution is 2.37. The van der Waals surface area contributed by atoms with E-state index in [9.17, 15) is 8.78 Å². The van der Waals surface area contributed by atoms with Crippen molar-refractivity contribution in [2.24, 2.45) is 5.73 Å². The molecule has 1 fully saturated rings. The number of hydrogen-bond acceptors (Lipinski definition) is 2. The summed E-state index contributed by atoms with van der Waals surface area (Å²) in [7, 11) is 1.97. The summed E-state index contributed by atoms with van der Waals surface area (Å²) in [6.45, 7) is 1.37. The molecule has 0 radical (unpaired) electrons. The third-order valence-electron chi connectivity index (χ3n) is 3.61. The van der Waals surface area contributed by atoms with Crippen LogP contribution in [-0.2, 0) is 5.54 Å². The lowest BCUT2D eigenvalue weighted by Gasteiger charge is -2.35. The topological polar surface area (TPSA) is 29.3 Å². The quantitative estimate of drug-likeness (QED) is 0.833. The van der Waals surface area contributed by atoms with E-state index in [-0.39, 0.29) is 5.54 Å². The predicted molar refractivity (Wildman–Crippen MR) is 59.0 cm³/mol. The molecule has 1 aliphatic heterocycles. The average Bonchev–Trinajstić information content (AvgIpc) is 2.65. The molecule has 2 nitrogen and oxygen atoms in total. The molecule has 0 amide bonds. The summed E-state index contributed by atoms with van der Waals surface area (Å²) >= 11 is 0. The van der Waals surface area contributed by atoms with E-state index in [2.05, 4.69) is 4.90 Å². The van der Waals surface area contributed by atoms with Crippen LogP contribution in [0.1, 0.15) is 18.4 Å². The highest BCUT2D eigenvalue weighted by Gasteiger charge is 2.39. The lowest BCUT2D eigenvalue weighted by Crippen LogP contribution is -2.44. The fourth-order valence-corrected chi connectivity index (χ4v) is 2.54. The normalized spacial score (nSPS) is 26.2. The van der Waals surface area contributed by atoms with Gasteiger partial charge in [-0.25, -0.2) is 8.78 Å². The molecule has 1 aromatic carbocycles. The van der Waals surface area contributed by atoms with Gasteiger partial charge in [-0.05, 0) is 44.1 Å². The van der Waals surface area contributed by atoms with Crippen LogP contribution >= 0.6 is 0 Å². The number of nitrogens with zero attached hydrogens (tertiary/aromatic N) is 1. The number of benzene rings is 1. The van der Waals surface area contributed by atoms with Crippen LogP contribution in [0.3, 0.4) is 0 Å². The first-order valence-electron chi connectivity index (χ1n) is 5.47. The molecule has 1 aliphatic rings. The minimum Gasteiger partial charge on any atom is -0.328 e. The first kappa shape index (κ1) is 11.5. The van der Waals surface area contributed by atoms with E-state index >= 15 is 0 Å². The molecule has 0 aromatic heterocycles. The van der Waals surface area contributed by atoms with Gasteiger partial charge in [-0.3, -0.25) is 4.90 Å². The molecule has 0 spiro atoms. The largest absolute Gasteiger partial charge is 0.328 e. The minimum atomic E-state index is -0.809. The fraction of sp³-hybridized carbons (Fsp3) is 0.500. The van der Waals surface area contributed by atoms with Gasteiger partial charge in [-0.1, -0.05) is 6.07 Å². The maximum atomic E-state index is 13.2. The third kappa shape index (κ3) is 1.62. The van der Waals surface area contributed by atoms with Crippen LogP contribution in [-0.4, -0.2) is 25.0 Å². The van der Waals surface area contributed by atoms with E-state index in [0.717, 1.165) is 24.9 Å². The lowest BCUT2D eigenvalue weighted by molar-refractivity contribution is 0.182. The Bertz CT molecular complexity index is 395. The van der Waals surface area contributed by atoms with E-state index in [1.54, 1.807) is 6.07 Å². The van der Waals surface area contributed by atoms with Crippen LogP contribution in [0.4, 0.5) is 8.78 Å². The molecule has 0 bridgehead atoms. The molecule has 1 heterocycles. The van der Waals surface area contributed by atoms with Gasteiger partial charge in [0, 0.05) is 6.54 Å². The third-order valence-corrected chi connectivity index (χ3v) is 3.61. The zero-order valence-corrected chi connectivity index (χ0v) is 9.34. The Labute approximate surface area is 94.0 Å². The van der Waals surface area contributed by atoms with Gasteiger partial charge < -0.3 is 5.73 Å². The Balaban J connectivity index is 2.44. The van der Waals surface area contributed by atoms with Gasteiger partial charge >= 0.3 is 0 Å². The molecule has 2 rings (SSSR count). The van der Waals surface area contributed by atoms with Gasteiger partial charge in [0.2, 0.25) is 0 Å². The van der Waals surface area contributed by atoms with Gasteiger partial charge in [0.15, 0.2) is 11.6 Å². The molecule has 16 heavy (non-hydrogen) atoms. The van der Waals surface area contributed by atoms with Gasteiger partial charge in [-0.2, -0.15) is 0 Å². The number of rotatable bonds is 2. The maximum absolute atomic E-state index is 13.2. The van der Waals surface area contributed by atoms with Gasteiger partial charge in [0.1, 0.15) is 0 Å². The van der Waals surface area contributed by atoms with Crippen LogP contribution in [0.15, 0.2) is 18.2 Å². The Hall–Kier alpha value is -1.00. The van der Waals surface area contributed by atoms with E-state index in [0.29, 0.717) is 6.54 Å². The second-order valence-electron chi connectivity index (χ2n) is 4.39. The summed E-state index contributed by atoms with van der Waals surface area (Å²) in [6, 6.07) is 4.07. The molecule has 1 aromatic rings. The van der Waals surface area contributed by atoms with E-state index in [4.69, 9.17) is 5.73 Å². The molecule has 4 heteroatoms. The lowest BCUT2D eigenvalue weighted by atomic mass is 9.87. The predicted octanol–water partition coefficient (Wildman–Crippen LogP) is 1.84. The van der Waals surface area contributed by atoms with Crippen molar-refractivity contribution in [3.63, 3.8) is 0 Å². The Morgan fingerprint density at radius 2 is 2.12 bits per heavy atom. The Morgan fingerprint density at radius 1 is 1.38 bits per heavy atom. The summed E-state index contributed by atoms with van der Waals surface area (Å²) in [4.78, 5) is 2.12. The van der Waals surface area contributed by atoms with Crippen molar-refractivity contribution < 1.29 is 8.78 Å². The van der Waals surface area contributed by atoms with Crippen molar-refractivity contribution in [1.82, 2.24) is 4.90 Å². The van der Waals surface area contributed by atoms with Crippen molar-refractivity contribution in [2.75, 3.05) is 20.1 Å². The van der Waals surface area contributed by atoms with Crippen LogP contribution in [0.25, 0.3) is 0 Å². The van der Waals surface area contributed by atoms with Gasteiger partial charge in [-0.15, -0.1) is 0 Å². The maximum Gasteiger partial charge on any atom is 0.159 e. The SMILES string of the molecule is CN1CCCC1(CN)c1ccc(F)c(F)c1. The number of halogens is 2. The van der Waals surface area contributed by atoms with Gasteiger partial charge in [0.25, 0.3) is 0 Å². The molecule has 0 saturated carbocycles. The summed E-state index contributed by atoms with van der Waals surface area (Å²) in [5, 5.41) is 0. The molecule has 1 atom stereocenters. The summed E-state index contributed by atoms with van der Waals surface area (Å²) in [5.41, 5.74) is 6.27. The van der Waals surface area contributed by atoms with Crippen molar-refractivity contribution >= 4 is 0 Å². The second kappa shape index (κ2) is 4.11. The second-order valence-corrected chi connectivity index (χ2v) is 4.39. The van der Waals surface area contributed by atoms with E-state index < -0.39 is 11.6 Å². The van der Waals surface area contributed by atoms with Crippen LogP contribution in [0.5, 0.6) is 0 Å². The molecular weight excluding hydrogens is 210 g/mol. The Morgan fingerprint density at radius 3 is 2.62 bits per heavy atom. The fourth-order valence-electron chi connectivity index (χ4n) is 2.54. The van der Waals surface area contributed by atoms with Crippen LogP contribution in [0, 0.1) is 11.6 Å². The van der Waals surface area contributed by atoms with Crippen LogP contribution in [0.2, 0.25) is 0 Å². The van der Waals surface area contributed by atoms with Crippen molar-refractivity contribution in [2.45, 2.75) is 18.4 Å². The average molecular weight is 226 g/mol. The highest BCUT2D eigenvalue weighted by molar-refractivity contribution is 5.28. The number of likely N-dealkylation sites (N-methyl/N-ethyl adjacent to an activating group) is 1. The Kier molecular flexibility index (Phi) is 2.95. The molecular formula is C12H16F2N2. The molecule has 0 aliphatic carbocycles. The standard InChI is InChI=1S/C12H16F2N2/c1-16-6-2-5-12(16,8-15)9-3-4-10(13)11(14)7-9/h3-4,7H,2,5-6,8,15H2,1H3. The first-order chi connectivity index (χ1) is 7.60. The van der Waals surface area contributed by atoms with E-state index in [1.165, 1.54) is 12.1 Å². The van der Waals surface area contributed by atoms with Crippen molar-refractivity contribution in [3.05, 3.63) is 35.4 Å². The first-order valence-corrected chi connectivity index (χ1v) is 5.47. The molecule has 2 N–H and O–H groups in total. The summed E-state index contributed by atoms with van der Waals surface area (Å²) < 4.78 is 26.1. The zero-order chi connectivity index (χ0) is 11.8. The molecule has 1 saturated heterocycles. The van der Waals surface area contributed by atoms with Crippen molar-refractivity contribution in [1.29, 1.82) is 0 Å². The minimum absolute atomic E-state index is 0.325. The number of nitrogens with two attached hydrogens (primary N) is 1. The highest BCUT2D eigenvalue weighted by atomic mass is 19.2. The summed E-state index contributed by atoms with van der Waals surface area (Å²) in [6.07, 6.45) is 1.93. The van der Waals surface area contributed by atoms with Crippen LogP contribution < -0.4 is 5.73 Å². The van der Waals surface area contributed by atoms with Gasteiger partial charge in [0.05, 0.1) is 5.54 Å². The molecule has 1 unspecified atom stereocenters. The smallest absolute Gasteiger partial charge is 0.159 e.